The number of halogens is 1. The Balaban J connectivity index is 2.09. The summed E-state index contributed by atoms with van der Waals surface area (Å²) in [5.74, 6) is 0.588. The van der Waals surface area contributed by atoms with Crippen LogP contribution in [0.3, 0.4) is 0 Å². The Bertz CT molecular complexity index is 444. The van der Waals surface area contributed by atoms with E-state index in [0.29, 0.717) is 5.88 Å². The Labute approximate surface area is 103 Å². The summed E-state index contributed by atoms with van der Waals surface area (Å²) in [5, 5.41) is 0. The van der Waals surface area contributed by atoms with Crippen molar-refractivity contribution < 1.29 is 4.74 Å². The first kappa shape index (κ1) is 11.1. The molecular weight excluding hydrogens is 268 g/mol. The Kier molecular flexibility index (Phi) is 3.51. The molecule has 0 spiro atoms. The first-order valence-corrected chi connectivity index (χ1v) is 5.73. The SMILES string of the molecule is CC(Oc1ccncn1)c1ccc(Br)cc1. The molecule has 0 N–H and O–H groups in total. The molecule has 0 radical (unpaired) electrons. The monoisotopic (exact) mass is 278 g/mol. The Morgan fingerprint density at radius 3 is 2.56 bits per heavy atom. The van der Waals surface area contributed by atoms with Gasteiger partial charge in [0.2, 0.25) is 5.88 Å². The van der Waals surface area contributed by atoms with Crippen molar-refractivity contribution in [2.45, 2.75) is 13.0 Å². The van der Waals surface area contributed by atoms with Gasteiger partial charge in [0, 0.05) is 16.7 Å². The number of benzene rings is 1. The van der Waals surface area contributed by atoms with Crippen LogP contribution >= 0.6 is 15.9 Å². The molecule has 1 aromatic carbocycles. The normalized spacial score (nSPS) is 12.1. The minimum atomic E-state index is -0.0250. The van der Waals surface area contributed by atoms with Crippen LogP contribution in [-0.2, 0) is 0 Å². The number of rotatable bonds is 3. The van der Waals surface area contributed by atoms with E-state index in [1.54, 1.807) is 12.3 Å². The first-order valence-electron chi connectivity index (χ1n) is 4.94. The highest BCUT2D eigenvalue weighted by Gasteiger charge is 2.07. The Morgan fingerprint density at radius 1 is 1.19 bits per heavy atom. The zero-order chi connectivity index (χ0) is 11.4. The highest BCUT2D eigenvalue weighted by atomic mass is 79.9. The first-order chi connectivity index (χ1) is 7.75. The van der Waals surface area contributed by atoms with Gasteiger partial charge in [0.15, 0.2) is 0 Å². The minimum absolute atomic E-state index is 0.0250. The molecular formula is C12H11BrN2O. The van der Waals surface area contributed by atoms with Gasteiger partial charge in [-0.15, -0.1) is 0 Å². The largest absolute Gasteiger partial charge is 0.470 e. The van der Waals surface area contributed by atoms with E-state index in [1.165, 1.54) is 6.33 Å². The van der Waals surface area contributed by atoms with Gasteiger partial charge in [-0.3, -0.25) is 0 Å². The molecule has 0 aliphatic carbocycles. The standard InChI is InChI=1S/C12H11BrN2O/c1-9(10-2-4-11(13)5-3-10)16-12-6-7-14-8-15-12/h2-9H,1H3. The molecule has 0 amide bonds. The third kappa shape index (κ3) is 2.79. The van der Waals surface area contributed by atoms with E-state index >= 15 is 0 Å². The van der Waals surface area contributed by atoms with Gasteiger partial charge in [0.05, 0.1) is 0 Å². The van der Waals surface area contributed by atoms with Crippen molar-refractivity contribution in [3.63, 3.8) is 0 Å². The summed E-state index contributed by atoms with van der Waals surface area (Å²) in [4.78, 5) is 7.86. The van der Waals surface area contributed by atoms with Gasteiger partial charge in [-0.1, -0.05) is 28.1 Å². The maximum atomic E-state index is 5.67. The van der Waals surface area contributed by atoms with Gasteiger partial charge in [0.25, 0.3) is 0 Å². The molecule has 2 aromatic rings. The Hall–Kier alpha value is -1.42. The van der Waals surface area contributed by atoms with Gasteiger partial charge in [-0.25, -0.2) is 9.97 Å². The molecule has 1 heterocycles. The van der Waals surface area contributed by atoms with E-state index in [4.69, 9.17) is 4.74 Å². The van der Waals surface area contributed by atoms with Crippen molar-refractivity contribution in [3.05, 3.63) is 52.9 Å². The number of nitrogens with zero attached hydrogens (tertiary/aromatic N) is 2. The summed E-state index contributed by atoms with van der Waals surface area (Å²) >= 11 is 3.40. The van der Waals surface area contributed by atoms with Crippen LogP contribution in [0.25, 0.3) is 0 Å². The number of ether oxygens (including phenoxy) is 1. The smallest absolute Gasteiger partial charge is 0.216 e. The molecule has 4 heteroatoms. The second-order valence-corrected chi connectivity index (χ2v) is 4.27. The zero-order valence-corrected chi connectivity index (χ0v) is 10.4. The highest BCUT2D eigenvalue weighted by molar-refractivity contribution is 9.10. The number of aromatic nitrogens is 2. The second kappa shape index (κ2) is 5.07. The lowest BCUT2D eigenvalue weighted by Crippen LogP contribution is -2.03. The summed E-state index contributed by atoms with van der Waals surface area (Å²) < 4.78 is 6.73. The predicted octanol–water partition coefficient (Wildman–Crippen LogP) is 3.38. The molecule has 3 nitrogen and oxygen atoms in total. The third-order valence-corrected chi connectivity index (χ3v) is 2.72. The highest BCUT2D eigenvalue weighted by Crippen LogP contribution is 2.21. The van der Waals surface area contributed by atoms with E-state index in [1.807, 2.05) is 31.2 Å². The van der Waals surface area contributed by atoms with Crippen LogP contribution in [0.4, 0.5) is 0 Å². The lowest BCUT2D eigenvalue weighted by Gasteiger charge is -2.13. The lowest BCUT2D eigenvalue weighted by molar-refractivity contribution is 0.217. The average Bonchev–Trinajstić information content (AvgIpc) is 2.31. The predicted molar refractivity (Wildman–Crippen MR) is 65.2 cm³/mol. The molecule has 0 saturated carbocycles. The van der Waals surface area contributed by atoms with Gasteiger partial charge >= 0.3 is 0 Å². The van der Waals surface area contributed by atoms with Gasteiger partial charge in [-0.05, 0) is 24.6 Å². The van der Waals surface area contributed by atoms with Crippen LogP contribution in [0.1, 0.15) is 18.6 Å². The summed E-state index contributed by atoms with van der Waals surface area (Å²) in [5.41, 5.74) is 1.11. The summed E-state index contributed by atoms with van der Waals surface area (Å²) in [7, 11) is 0. The van der Waals surface area contributed by atoms with Crippen LogP contribution in [0.15, 0.2) is 47.3 Å². The summed E-state index contributed by atoms with van der Waals surface area (Å²) in [6.45, 7) is 1.99. The molecule has 2 rings (SSSR count). The summed E-state index contributed by atoms with van der Waals surface area (Å²) in [6.07, 6.45) is 3.11. The maximum absolute atomic E-state index is 5.67. The molecule has 82 valence electrons. The van der Waals surface area contributed by atoms with Gasteiger partial charge in [0.1, 0.15) is 12.4 Å². The molecule has 0 fully saturated rings. The van der Waals surface area contributed by atoms with Crippen LogP contribution in [0.2, 0.25) is 0 Å². The van der Waals surface area contributed by atoms with Crippen molar-refractivity contribution in [1.82, 2.24) is 9.97 Å². The third-order valence-electron chi connectivity index (χ3n) is 2.19. The number of hydrogen-bond donors (Lipinski definition) is 0. The minimum Gasteiger partial charge on any atom is -0.470 e. The molecule has 1 aromatic heterocycles. The van der Waals surface area contributed by atoms with E-state index in [2.05, 4.69) is 25.9 Å². The zero-order valence-electron chi connectivity index (χ0n) is 8.80. The molecule has 1 unspecified atom stereocenters. The van der Waals surface area contributed by atoms with Crippen molar-refractivity contribution in [3.8, 4) is 5.88 Å². The van der Waals surface area contributed by atoms with Crippen molar-refractivity contribution in [1.29, 1.82) is 0 Å². The fourth-order valence-electron chi connectivity index (χ4n) is 1.33. The van der Waals surface area contributed by atoms with Gasteiger partial charge < -0.3 is 4.74 Å². The molecule has 0 aliphatic rings. The molecule has 16 heavy (non-hydrogen) atoms. The topological polar surface area (TPSA) is 35.0 Å². The van der Waals surface area contributed by atoms with Crippen LogP contribution in [-0.4, -0.2) is 9.97 Å². The van der Waals surface area contributed by atoms with Crippen LogP contribution < -0.4 is 4.74 Å². The quantitative estimate of drug-likeness (QED) is 0.864. The lowest BCUT2D eigenvalue weighted by atomic mass is 10.1. The van der Waals surface area contributed by atoms with Crippen LogP contribution in [0, 0.1) is 0 Å². The van der Waals surface area contributed by atoms with E-state index < -0.39 is 0 Å². The fourth-order valence-corrected chi connectivity index (χ4v) is 1.60. The Morgan fingerprint density at radius 2 is 1.94 bits per heavy atom. The van der Waals surface area contributed by atoms with Crippen molar-refractivity contribution >= 4 is 15.9 Å². The van der Waals surface area contributed by atoms with Crippen molar-refractivity contribution in [2.75, 3.05) is 0 Å². The molecule has 0 bridgehead atoms. The second-order valence-electron chi connectivity index (χ2n) is 3.36. The van der Waals surface area contributed by atoms with Crippen molar-refractivity contribution in [2.24, 2.45) is 0 Å². The van der Waals surface area contributed by atoms with Crippen LogP contribution in [0.5, 0.6) is 5.88 Å². The average molecular weight is 279 g/mol. The molecule has 1 atom stereocenters. The maximum Gasteiger partial charge on any atom is 0.216 e. The fraction of sp³-hybridized carbons (Fsp3) is 0.167. The molecule has 0 saturated heterocycles. The summed E-state index contributed by atoms with van der Waals surface area (Å²) in [6, 6.07) is 9.78. The van der Waals surface area contributed by atoms with E-state index in [0.717, 1.165) is 10.0 Å². The number of hydrogen-bond acceptors (Lipinski definition) is 3. The van der Waals surface area contributed by atoms with E-state index in [-0.39, 0.29) is 6.10 Å². The van der Waals surface area contributed by atoms with Gasteiger partial charge in [-0.2, -0.15) is 0 Å². The van der Waals surface area contributed by atoms with E-state index in [9.17, 15) is 0 Å². The molecule has 0 aliphatic heterocycles.